The fourth-order valence-electron chi connectivity index (χ4n) is 1.52. The van der Waals surface area contributed by atoms with Gasteiger partial charge in [0.15, 0.2) is 0 Å². The molecule has 1 aromatic heterocycles. The zero-order valence-electron chi connectivity index (χ0n) is 8.60. The van der Waals surface area contributed by atoms with Gasteiger partial charge in [0.05, 0.1) is 7.11 Å². The van der Waals surface area contributed by atoms with Gasteiger partial charge in [0.25, 0.3) is 5.56 Å². The zero-order chi connectivity index (χ0) is 10.8. The summed E-state index contributed by atoms with van der Waals surface area (Å²) in [6.45, 7) is 0.712. The molecule has 0 aliphatic heterocycles. The summed E-state index contributed by atoms with van der Waals surface area (Å²) in [6, 6.07) is 3.20. The predicted molar refractivity (Wildman–Crippen MR) is 54.8 cm³/mol. The van der Waals surface area contributed by atoms with Gasteiger partial charge in [0, 0.05) is 12.7 Å². The lowest BCUT2D eigenvalue weighted by Crippen LogP contribution is -2.26. The monoisotopic (exact) mass is 207 g/mol. The molecule has 1 saturated carbocycles. The molecule has 15 heavy (non-hydrogen) atoms. The number of hydrogen-bond donors (Lipinski definition) is 0. The summed E-state index contributed by atoms with van der Waals surface area (Å²) in [6.07, 6.45) is 4.07. The molecule has 1 fully saturated rings. The number of pyridine rings is 1. The first kappa shape index (κ1) is 9.96. The molecule has 1 aliphatic rings. The highest BCUT2D eigenvalue weighted by Gasteiger charge is 2.23. The van der Waals surface area contributed by atoms with Crippen molar-refractivity contribution in [3.05, 3.63) is 34.2 Å². The van der Waals surface area contributed by atoms with E-state index in [1.165, 1.54) is 26.0 Å². The number of methoxy groups -OCH3 is 1. The minimum atomic E-state index is -0.565. The number of carbonyl (C=O) groups is 1. The molecule has 0 saturated heterocycles. The minimum Gasteiger partial charge on any atom is -0.465 e. The molecule has 0 aromatic carbocycles. The van der Waals surface area contributed by atoms with Crippen LogP contribution in [-0.2, 0) is 11.3 Å². The highest BCUT2D eigenvalue weighted by molar-refractivity contribution is 5.88. The molecule has 0 spiro atoms. The molecule has 0 amide bonds. The highest BCUT2D eigenvalue weighted by Crippen LogP contribution is 2.29. The number of ether oxygens (including phenoxy) is 1. The van der Waals surface area contributed by atoms with Crippen LogP contribution in [0.3, 0.4) is 0 Å². The van der Waals surface area contributed by atoms with Gasteiger partial charge in [-0.1, -0.05) is 0 Å². The van der Waals surface area contributed by atoms with E-state index in [4.69, 9.17) is 0 Å². The molecule has 0 N–H and O–H groups in total. The lowest BCUT2D eigenvalue weighted by Gasteiger charge is -2.05. The molecule has 2 rings (SSSR count). The third kappa shape index (κ3) is 2.09. The second-order valence-electron chi connectivity index (χ2n) is 3.81. The second kappa shape index (κ2) is 3.88. The van der Waals surface area contributed by atoms with Gasteiger partial charge in [-0.3, -0.25) is 4.79 Å². The molecule has 0 atom stereocenters. The van der Waals surface area contributed by atoms with E-state index in [1.807, 2.05) is 0 Å². The Morgan fingerprint density at radius 2 is 2.33 bits per heavy atom. The number of esters is 1. The van der Waals surface area contributed by atoms with Gasteiger partial charge >= 0.3 is 5.97 Å². The second-order valence-corrected chi connectivity index (χ2v) is 3.81. The fourth-order valence-corrected chi connectivity index (χ4v) is 1.52. The summed E-state index contributed by atoms with van der Waals surface area (Å²) >= 11 is 0. The van der Waals surface area contributed by atoms with Crippen LogP contribution in [0.15, 0.2) is 23.1 Å². The lowest BCUT2D eigenvalue weighted by atomic mass is 10.2. The first-order valence-corrected chi connectivity index (χ1v) is 5.00. The topological polar surface area (TPSA) is 48.3 Å². The molecule has 4 nitrogen and oxygen atoms in total. The van der Waals surface area contributed by atoms with Crippen molar-refractivity contribution in [2.45, 2.75) is 19.4 Å². The quantitative estimate of drug-likeness (QED) is 0.696. The molecule has 1 aliphatic carbocycles. The van der Waals surface area contributed by atoms with Crippen LogP contribution in [0, 0.1) is 5.92 Å². The summed E-state index contributed by atoms with van der Waals surface area (Å²) in [5, 5.41) is 0. The molecular weight excluding hydrogens is 194 g/mol. The maximum Gasteiger partial charge on any atom is 0.343 e. The zero-order valence-corrected chi connectivity index (χ0v) is 8.60. The van der Waals surface area contributed by atoms with Crippen molar-refractivity contribution >= 4 is 5.97 Å². The van der Waals surface area contributed by atoms with Crippen molar-refractivity contribution in [1.82, 2.24) is 4.57 Å². The van der Waals surface area contributed by atoms with Gasteiger partial charge < -0.3 is 9.30 Å². The van der Waals surface area contributed by atoms with Gasteiger partial charge in [-0.05, 0) is 30.9 Å². The Bertz CT molecular complexity index is 432. The van der Waals surface area contributed by atoms with Crippen molar-refractivity contribution in [2.24, 2.45) is 5.92 Å². The third-order valence-electron chi connectivity index (χ3n) is 2.58. The maximum atomic E-state index is 11.8. The Kier molecular flexibility index (Phi) is 2.58. The predicted octanol–water partition coefficient (Wildman–Crippen LogP) is 1.04. The Morgan fingerprint density at radius 1 is 1.60 bits per heavy atom. The first-order chi connectivity index (χ1) is 7.22. The molecule has 80 valence electrons. The van der Waals surface area contributed by atoms with E-state index < -0.39 is 5.97 Å². The molecule has 0 bridgehead atoms. The van der Waals surface area contributed by atoms with E-state index in [9.17, 15) is 9.59 Å². The molecular formula is C11H13NO3. The van der Waals surface area contributed by atoms with Crippen LogP contribution in [0.1, 0.15) is 23.2 Å². The number of carbonyl (C=O) groups excluding carboxylic acids is 1. The summed E-state index contributed by atoms with van der Waals surface area (Å²) < 4.78 is 6.13. The number of hydrogen-bond acceptors (Lipinski definition) is 3. The van der Waals surface area contributed by atoms with Gasteiger partial charge in [0.1, 0.15) is 5.56 Å². The standard InChI is InChI=1S/C11H13NO3/c1-15-11(14)9-3-2-6-12(10(9)13)7-8-4-5-8/h2-3,6,8H,4-5,7H2,1H3. The minimum absolute atomic E-state index is 0.112. The van der Waals surface area contributed by atoms with Gasteiger partial charge in [0.2, 0.25) is 0 Å². The van der Waals surface area contributed by atoms with Gasteiger partial charge in [-0.15, -0.1) is 0 Å². The lowest BCUT2D eigenvalue weighted by molar-refractivity contribution is 0.0598. The van der Waals surface area contributed by atoms with E-state index in [0.29, 0.717) is 12.5 Å². The van der Waals surface area contributed by atoms with E-state index in [-0.39, 0.29) is 11.1 Å². The molecule has 4 heteroatoms. The first-order valence-electron chi connectivity index (χ1n) is 5.00. The van der Waals surface area contributed by atoms with Crippen molar-refractivity contribution in [2.75, 3.05) is 7.11 Å². The summed E-state index contributed by atoms with van der Waals surface area (Å²) in [7, 11) is 1.28. The average Bonchev–Trinajstić information content (AvgIpc) is 3.04. The smallest absolute Gasteiger partial charge is 0.343 e. The van der Waals surface area contributed by atoms with Crippen LogP contribution in [0.2, 0.25) is 0 Å². The van der Waals surface area contributed by atoms with E-state index in [1.54, 1.807) is 16.8 Å². The molecule has 0 radical (unpaired) electrons. The van der Waals surface area contributed by atoms with Crippen molar-refractivity contribution in [3.63, 3.8) is 0 Å². The van der Waals surface area contributed by atoms with Gasteiger partial charge in [-0.25, -0.2) is 4.79 Å². The summed E-state index contributed by atoms with van der Waals surface area (Å²) in [4.78, 5) is 23.0. The molecule has 1 heterocycles. The fraction of sp³-hybridized carbons (Fsp3) is 0.455. The van der Waals surface area contributed by atoms with Crippen molar-refractivity contribution < 1.29 is 9.53 Å². The molecule has 1 aromatic rings. The van der Waals surface area contributed by atoms with Crippen LogP contribution in [-0.4, -0.2) is 17.6 Å². The van der Waals surface area contributed by atoms with Crippen LogP contribution >= 0.6 is 0 Å². The van der Waals surface area contributed by atoms with Gasteiger partial charge in [-0.2, -0.15) is 0 Å². The highest BCUT2D eigenvalue weighted by atomic mass is 16.5. The SMILES string of the molecule is COC(=O)c1cccn(CC2CC2)c1=O. The Hall–Kier alpha value is -1.58. The van der Waals surface area contributed by atoms with Crippen LogP contribution < -0.4 is 5.56 Å². The number of nitrogens with zero attached hydrogens (tertiary/aromatic N) is 1. The number of rotatable bonds is 3. The van der Waals surface area contributed by atoms with Crippen molar-refractivity contribution in [3.8, 4) is 0 Å². The van der Waals surface area contributed by atoms with E-state index >= 15 is 0 Å². The summed E-state index contributed by atoms with van der Waals surface area (Å²) in [5.41, 5.74) is -0.142. The third-order valence-corrected chi connectivity index (χ3v) is 2.58. The number of aromatic nitrogens is 1. The van der Waals surface area contributed by atoms with Crippen LogP contribution in [0.5, 0.6) is 0 Å². The Morgan fingerprint density at radius 3 is 2.93 bits per heavy atom. The maximum absolute atomic E-state index is 11.8. The normalized spacial score (nSPS) is 15.0. The van der Waals surface area contributed by atoms with Crippen LogP contribution in [0.4, 0.5) is 0 Å². The average molecular weight is 207 g/mol. The Balaban J connectivity index is 2.31. The van der Waals surface area contributed by atoms with E-state index in [2.05, 4.69) is 4.74 Å². The van der Waals surface area contributed by atoms with Crippen LogP contribution in [0.25, 0.3) is 0 Å². The van der Waals surface area contributed by atoms with E-state index in [0.717, 1.165) is 0 Å². The Labute approximate surface area is 87.5 Å². The summed E-state index contributed by atoms with van der Waals surface area (Å²) in [5.74, 6) is 0.0424. The van der Waals surface area contributed by atoms with Crippen molar-refractivity contribution in [1.29, 1.82) is 0 Å². The largest absolute Gasteiger partial charge is 0.465 e. The molecule has 0 unspecified atom stereocenters.